The fourth-order valence-corrected chi connectivity index (χ4v) is 9.09. The van der Waals surface area contributed by atoms with Gasteiger partial charge in [0.15, 0.2) is 6.10 Å². The van der Waals surface area contributed by atoms with Crippen LogP contribution in [-0.4, -0.2) is 37.2 Å². The van der Waals surface area contributed by atoms with E-state index >= 15 is 0 Å². The molecule has 71 heavy (non-hydrogen) atoms. The summed E-state index contributed by atoms with van der Waals surface area (Å²) in [4.78, 5) is 38.3. The predicted molar refractivity (Wildman–Crippen MR) is 307 cm³/mol. The molecule has 0 unspecified atom stereocenters. The zero-order valence-corrected chi connectivity index (χ0v) is 47.5. The summed E-state index contributed by atoms with van der Waals surface area (Å²) in [6.45, 7) is 6.64. The molecule has 0 heterocycles. The smallest absolute Gasteiger partial charge is 0.306 e. The van der Waals surface area contributed by atoms with Gasteiger partial charge < -0.3 is 14.2 Å². The highest BCUT2D eigenvalue weighted by Gasteiger charge is 2.19. The van der Waals surface area contributed by atoms with E-state index in [9.17, 15) is 14.4 Å². The average molecular weight is 996 g/mol. The molecule has 6 heteroatoms. The summed E-state index contributed by atoms with van der Waals surface area (Å²) < 4.78 is 16.9. The Labute approximate surface area is 441 Å². The topological polar surface area (TPSA) is 78.9 Å². The van der Waals surface area contributed by atoms with Gasteiger partial charge in [-0.15, -0.1) is 0 Å². The highest BCUT2D eigenvalue weighted by Crippen LogP contribution is 2.17. The first kappa shape index (κ1) is 68.4. The highest BCUT2D eigenvalue weighted by atomic mass is 16.6. The van der Waals surface area contributed by atoms with E-state index in [0.29, 0.717) is 19.3 Å². The van der Waals surface area contributed by atoms with Crippen LogP contribution in [0.1, 0.15) is 329 Å². The van der Waals surface area contributed by atoms with Gasteiger partial charge in [0.1, 0.15) is 13.2 Å². The first-order valence-electron chi connectivity index (χ1n) is 31.1. The van der Waals surface area contributed by atoms with Crippen LogP contribution in [0.15, 0.2) is 48.6 Å². The summed E-state index contributed by atoms with van der Waals surface area (Å²) in [6.07, 6.45) is 73.9. The summed E-state index contributed by atoms with van der Waals surface area (Å²) >= 11 is 0. The molecule has 414 valence electrons. The molecule has 0 bridgehead atoms. The minimum absolute atomic E-state index is 0.0793. The molecular formula is C65H118O6. The molecule has 0 saturated heterocycles. The van der Waals surface area contributed by atoms with Gasteiger partial charge in [-0.2, -0.15) is 0 Å². The molecule has 0 aromatic heterocycles. The molecule has 1 atom stereocenters. The first-order chi connectivity index (χ1) is 35.0. The molecule has 0 fully saturated rings. The van der Waals surface area contributed by atoms with E-state index in [1.54, 1.807) is 0 Å². The van der Waals surface area contributed by atoms with Crippen molar-refractivity contribution in [3.05, 3.63) is 48.6 Å². The van der Waals surface area contributed by atoms with Crippen molar-refractivity contribution in [1.82, 2.24) is 0 Å². The molecular weight excluding hydrogens is 877 g/mol. The van der Waals surface area contributed by atoms with Crippen molar-refractivity contribution in [1.29, 1.82) is 0 Å². The van der Waals surface area contributed by atoms with Crippen LogP contribution in [0.5, 0.6) is 0 Å². The minimum atomic E-state index is -0.784. The molecule has 0 radical (unpaired) electrons. The van der Waals surface area contributed by atoms with Crippen molar-refractivity contribution < 1.29 is 28.6 Å². The van der Waals surface area contributed by atoms with Crippen LogP contribution in [0.3, 0.4) is 0 Å². The fourth-order valence-electron chi connectivity index (χ4n) is 9.09. The van der Waals surface area contributed by atoms with E-state index in [1.807, 2.05) is 0 Å². The van der Waals surface area contributed by atoms with E-state index < -0.39 is 6.10 Å². The SMILES string of the molecule is CCCCC/C=C\C/C=C\C/C=C\CCCCCCC(=O)O[C@H](COC(=O)CCCCCCCCCCC/C=C\CCCCCCCC)COC(=O)CCCCCCCCCCCCCCCCCCC. The molecule has 0 N–H and O–H groups in total. The maximum absolute atomic E-state index is 12.9. The largest absolute Gasteiger partial charge is 0.462 e. The second-order valence-corrected chi connectivity index (χ2v) is 21.0. The van der Waals surface area contributed by atoms with Crippen LogP contribution in [-0.2, 0) is 28.6 Å². The van der Waals surface area contributed by atoms with Gasteiger partial charge in [-0.05, 0) is 83.5 Å². The molecule has 6 nitrogen and oxygen atoms in total. The standard InChI is InChI=1S/C65H118O6/c1-4-7-10-13-16-19-22-25-28-31-32-35-37-40-43-46-49-52-55-58-64(67)70-61-62(71-65(68)59-56-53-50-47-44-41-38-34-30-27-24-21-18-15-12-9-6-3)60-69-63(66)57-54-51-48-45-42-39-36-33-29-26-23-20-17-14-11-8-5-2/h18,21,25,27-28,30,38,41,62H,4-17,19-20,22-24,26,29,31-37,39-40,42-61H2,1-3H3/b21-18-,28-25-,30-27-,41-38-/t62-/m0/s1. The summed E-state index contributed by atoms with van der Waals surface area (Å²) in [5.74, 6) is -0.884. The Balaban J connectivity index is 4.37. The predicted octanol–water partition coefficient (Wildman–Crippen LogP) is 21.0. The first-order valence-corrected chi connectivity index (χ1v) is 31.1. The van der Waals surface area contributed by atoms with Crippen LogP contribution in [0.25, 0.3) is 0 Å². The van der Waals surface area contributed by atoms with Crippen molar-refractivity contribution >= 4 is 17.9 Å². The van der Waals surface area contributed by atoms with Gasteiger partial charge in [-0.1, -0.05) is 275 Å². The van der Waals surface area contributed by atoms with Crippen molar-refractivity contribution in [2.75, 3.05) is 13.2 Å². The number of hydrogen-bond donors (Lipinski definition) is 0. The van der Waals surface area contributed by atoms with E-state index in [-0.39, 0.29) is 31.1 Å². The van der Waals surface area contributed by atoms with Crippen molar-refractivity contribution in [3.8, 4) is 0 Å². The lowest BCUT2D eigenvalue weighted by Gasteiger charge is -2.18. The molecule has 0 aromatic rings. The zero-order valence-electron chi connectivity index (χ0n) is 47.5. The lowest BCUT2D eigenvalue weighted by atomic mass is 10.0. The van der Waals surface area contributed by atoms with Gasteiger partial charge >= 0.3 is 17.9 Å². The number of unbranched alkanes of at least 4 members (excludes halogenated alkanes) is 38. The molecule has 0 rings (SSSR count). The minimum Gasteiger partial charge on any atom is -0.462 e. The molecule has 0 spiro atoms. The van der Waals surface area contributed by atoms with Crippen molar-refractivity contribution in [2.45, 2.75) is 335 Å². The van der Waals surface area contributed by atoms with Crippen LogP contribution >= 0.6 is 0 Å². The number of allylic oxidation sites excluding steroid dienone is 8. The van der Waals surface area contributed by atoms with Gasteiger partial charge in [0.05, 0.1) is 0 Å². The van der Waals surface area contributed by atoms with Crippen molar-refractivity contribution in [2.24, 2.45) is 0 Å². The number of ether oxygens (including phenoxy) is 3. The fraction of sp³-hybridized carbons (Fsp3) is 0.831. The molecule has 0 saturated carbocycles. The summed E-state index contributed by atoms with van der Waals surface area (Å²) in [6, 6.07) is 0. The summed E-state index contributed by atoms with van der Waals surface area (Å²) in [7, 11) is 0. The van der Waals surface area contributed by atoms with E-state index in [4.69, 9.17) is 14.2 Å². The molecule has 0 aliphatic heterocycles. The van der Waals surface area contributed by atoms with Gasteiger partial charge in [-0.25, -0.2) is 0 Å². The molecule has 0 aliphatic rings. The monoisotopic (exact) mass is 995 g/mol. The number of carbonyl (C=O) groups excluding carboxylic acids is 3. The second kappa shape index (κ2) is 59.9. The number of esters is 3. The van der Waals surface area contributed by atoms with Crippen LogP contribution in [0.4, 0.5) is 0 Å². The summed E-state index contributed by atoms with van der Waals surface area (Å²) in [5, 5.41) is 0. The maximum Gasteiger partial charge on any atom is 0.306 e. The van der Waals surface area contributed by atoms with Crippen LogP contribution in [0, 0.1) is 0 Å². The average Bonchev–Trinajstić information content (AvgIpc) is 3.37. The zero-order chi connectivity index (χ0) is 51.4. The van der Waals surface area contributed by atoms with Crippen LogP contribution < -0.4 is 0 Å². The Kier molecular flexibility index (Phi) is 57.7. The number of rotatable bonds is 57. The Morgan fingerprint density at radius 1 is 0.282 bits per heavy atom. The molecule has 0 amide bonds. The highest BCUT2D eigenvalue weighted by molar-refractivity contribution is 5.71. The molecule has 0 aliphatic carbocycles. The Bertz CT molecular complexity index is 1230. The maximum atomic E-state index is 12.9. The third-order valence-electron chi connectivity index (χ3n) is 13.8. The Hall–Kier alpha value is -2.63. The Morgan fingerprint density at radius 3 is 0.831 bits per heavy atom. The van der Waals surface area contributed by atoms with Gasteiger partial charge in [0.2, 0.25) is 0 Å². The van der Waals surface area contributed by atoms with Gasteiger partial charge in [0, 0.05) is 19.3 Å². The molecule has 0 aromatic carbocycles. The van der Waals surface area contributed by atoms with Gasteiger partial charge in [-0.3, -0.25) is 14.4 Å². The quantitative estimate of drug-likeness (QED) is 0.0261. The van der Waals surface area contributed by atoms with E-state index in [1.165, 1.54) is 205 Å². The number of carbonyl (C=O) groups is 3. The third-order valence-corrected chi connectivity index (χ3v) is 13.8. The summed E-state index contributed by atoms with van der Waals surface area (Å²) in [5.41, 5.74) is 0. The third kappa shape index (κ3) is 58.1. The lowest BCUT2D eigenvalue weighted by Crippen LogP contribution is -2.30. The van der Waals surface area contributed by atoms with E-state index in [0.717, 1.165) is 83.5 Å². The lowest BCUT2D eigenvalue weighted by molar-refractivity contribution is -0.167. The normalized spacial score (nSPS) is 12.3. The second-order valence-electron chi connectivity index (χ2n) is 21.0. The number of hydrogen-bond acceptors (Lipinski definition) is 6. The van der Waals surface area contributed by atoms with Crippen LogP contribution in [0.2, 0.25) is 0 Å². The van der Waals surface area contributed by atoms with Crippen molar-refractivity contribution in [3.63, 3.8) is 0 Å². The Morgan fingerprint density at radius 2 is 0.507 bits per heavy atom. The van der Waals surface area contributed by atoms with Gasteiger partial charge in [0.25, 0.3) is 0 Å². The van der Waals surface area contributed by atoms with E-state index in [2.05, 4.69) is 69.4 Å².